The van der Waals surface area contributed by atoms with Gasteiger partial charge in [0.1, 0.15) is 16.6 Å². The maximum Gasteiger partial charge on any atom is 0.132 e. The first kappa shape index (κ1) is 12.1. The van der Waals surface area contributed by atoms with Gasteiger partial charge in [0.2, 0.25) is 0 Å². The third-order valence-electron chi connectivity index (χ3n) is 2.24. The summed E-state index contributed by atoms with van der Waals surface area (Å²) < 4.78 is 26.5. The van der Waals surface area contributed by atoms with Gasteiger partial charge in [-0.15, -0.1) is 11.3 Å². The molecule has 0 amide bonds. The predicted octanol–water partition coefficient (Wildman–Crippen LogP) is 2.08. The van der Waals surface area contributed by atoms with Crippen molar-refractivity contribution < 1.29 is 13.9 Å². The lowest BCUT2D eigenvalue weighted by molar-refractivity contribution is 0.268. The normalized spacial score (nSPS) is 12.7. The van der Waals surface area contributed by atoms with Crippen LogP contribution in [0.4, 0.5) is 8.78 Å². The number of aliphatic hydroxyl groups excluding tert-OH is 1. The van der Waals surface area contributed by atoms with Crippen LogP contribution in [0, 0.1) is 11.6 Å². The fourth-order valence-electron chi connectivity index (χ4n) is 1.35. The minimum atomic E-state index is -0.592. The van der Waals surface area contributed by atoms with Crippen molar-refractivity contribution in [2.45, 2.75) is 6.04 Å². The first-order valence-electron chi connectivity index (χ1n) is 4.89. The highest BCUT2D eigenvalue weighted by molar-refractivity contribution is 7.10. The van der Waals surface area contributed by atoms with Crippen molar-refractivity contribution in [1.29, 1.82) is 0 Å². The van der Waals surface area contributed by atoms with Gasteiger partial charge >= 0.3 is 0 Å². The molecule has 0 fully saturated rings. The maximum atomic E-state index is 13.5. The van der Waals surface area contributed by atoms with Gasteiger partial charge in [0, 0.05) is 10.9 Å². The Kier molecular flexibility index (Phi) is 3.46. The van der Waals surface area contributed by atoms with E-state index in [4.69, 9.17) is 10.8 Å². The Bertz CT molecular complexity index is 530. The van der Waals surface area contributed by atoms with Crippen molar-refractivity contribution in [2.24, 2.45) is 5.73 Å². The van der Waals surface area contributed by atoms with E-state index in [1.54, 1.807) is 5.38 Å². The first-order valence-corrected chi connectivity index (χ1v) is 5.77. The third-order valence-corrected chi connectivity index (χ3v) is 3.22. The molecule has 0 radical (unpaired) electrons. The summed E-state index contributed by atoms with van der Waals surface area (Å²) in [5.74, 6) is -1.07. The summed E-state index contributed by atoms with van der Waals surface area (Å²) in [6.07, 6.45) is 0. The third kappa shape index (κ3) is 2.49. The average Bonchev–Trinajstić information content (AvgIpc) is 2.80. The summed E-state index contributed by atoms with van der Waals surface area (Å²) in [6, 6.07) is 2.59. The zero-order valence-corrected chi connectivity index (χ0v) is 9.55. The Morgan fingerprint density at radius 3 is 2.88 bits per heavy atom. The van der Waals surface area contributed by atoms with Crippen LogP contribution >= 0.6 is 11.3 Å². The highest BCUT2D eigenvalue weighted by Crippen LogP contribution is 2.27. The van der Waals surface area contributed by atoms with E-state index in [1.807, 2.05) is 0 Å². The maximum absolute atomic E-state index is 13.5. The lowest BCUT2D eigenvalue weighted by Crippen LogP contribution is -2.13. The SMILES string of the molecule is NC(CO)c1nc(-c2cc(F)ccc2F)cs1. The molecule has 0 bridgehead atoms. The summed E-state index contributed by atoms with van der Waals surface area (Å²) in [6.45, 7) is -0.238. The highest BCUT2D eigenvalue weighted by atomic mass is 32.1. The molecule has 1 heterocycles. The molecule has 0 aliphatic rings. The number of rotatable bonds is 3. The van der Waals surface area contributed by atoms with E-state index in [0.717, 1.165) is 18.2 Å². The molecule has 1 unspecified atom stereocenters. The fourth-order valence-corrected chi connectivity index (χ4v) is 2.17. The van der Waals surface area contributed by atoms with Crippen LogP contribution in [0.2, 0.25) is 0 Å². The van der Waals surface area contributed by atoms with E-state index in [2.05, 4.69) is 4.98 Å². The lowest BCUT2D eigenvalue weighted by Gasteiger charge is -2.02. The molecule has 1 atom stereocenters. The van der Waals surface area contributed by atoms with Gasteiger partial charge in [-0.2, -0.15) is 0 Å². The van der Waals surface area contributed by atoms with E-state index in [9.17, 15) is 8.78 Å². The molecule has 90 valence electrons. The lowest BCUT2D eigenvalue weighted by atomic mass is 10.1. The molecule has 0 aliphatic carbocycles. The Morgan fingerprint density at radius 2 is 2.18 bits per heavy atom. The second kappa shape index (κ2) is 4.87. The molecule has 2 aromatic rings. The standard InChI is InChI=1S/C11H10F2N2OS/c12-6-1-2-8(13)7(3-6)10-5-17-11(15-10)9(14)4-16/h1-3,5,9,16H,4,14H2. The zero-order valence-electron chi connectivity index (χ0n) is 8.73. The minimum Gasteiger partial charge on any atom is -0.394 e. The van der Waals surface area contributed by atoms with Gasteiger partial charge in [-0.3, -0.25) is 0 Å². The summed E-state index contributed by atoms with van der Waals surface area (Å²) in [7, 11) is 0. The number of halogens is 2. The highest BCUT2D eigenvalue weighted by Gasteiger charge is 2.13. The molecule has 6 heteroatoms. The number of hydrogen-bond acceptors (Lipinski definition) is 4. The van der Waals surface area contributed by atoms with Crippen LogP contribution < -0.4 is 5.73 Å². The summed E-state index contributed by atoms with van der Waals surface area (Å²) in [5, 5.41) is 11.0. The van der Waals surface area contributed by atoms with Crippen LogP contribution in [-0.4, -0.2) is 16.7 Å². The van der Waals surface area contributed by atoms with Crippen LogP contribution in [0.15, 0.2) is 23.6 Å². The van der Waals surface area contributed by atoms with E-state index >= 15 is 0 Å². The van der Waals surface area contributed by atoms with Gasteiger partial charge < -0.3 is 10.8 Å². The Labute approximate surface area is 101 Å². The molecular formula is C11H10F2N2OS. The summed E-state index contributed by atoms with van der Waals surface area (Å²) in [4.78, 5) is 4.08. The quantitative estimate of drug-likeness (QED) is 0.884. The van der Waals surface area contributed by atoms with E-state index in [1.165, 1.54) is 11.3 Å². The van der Waals surface area contributed by atoms with Crippen molar-refractivity contribution in [3.05, 3.63) is 40.2 Å². The molecule has 0 saturated carbocycles. The number of aliphatic hydroxyl groups is 1. The van der Waals surface area contributed by atoms with E-state index in [-0.39, 0.29) is 12.2 Å². The topological polar surface area (TPSA) is 59.1 Å². The monoisotopic (exact) mass is 256 g/mol. The molecule has 0 aliphatic heterocycles. The second-order valence-electron chi connectivity index (χ2n) is 3.48. The van der Waals surface area contributed by atoms with Crippen molar-refractivity contribution in [3.63, 3.8) is 0 Å². The van der Waals surface area contributed by atoms with Gasteiger partial charge in [-0.05, 0) is 18.2 Å². The van der Waals surface area contributed by atoms with Gasteiger partial charge in [0.25, 0.3) is 0 Å². The molecule has 3 nitrogen and oxygen atoms in total. The first-order chi connectivity index (χ1) is 8.11. The van der Waals surface area contributed by atoms with Crippen LogP contribution in [0.5, 0.6) is 0 Å². The Hall–Kier alpha value is -1.37. The summed E-state index contributed by atoms with van der Waals surface area (Å²) in [5.41, 5.74) is 6.00. The van der Waals surface area contributed by atoms with Crippen LogP contribution in [-0.2, 0) is 0 Å². The number of aromatic nitrogens is 1. The molecule has 0 spiro atoms. The summed E-state index contributed by atoms with van der Waals surface area (Å²) >= 11 is 1.21. The number of benzene rings is 1. The van der Waals surface area contributed by atoms with Gasteiger partial charge in [0.05, 0.1) is 18.3 Å². The van der Waals surface area contributed by atoms with Crippen LogP contribution in [0.3, 0.4) is 0 Å². The van der Waals surface area contributed by atoms with E-state index < -0.39 is 17.7 Å². The molecular weight excluding hydrogens is 246 g/mol. The Morgan fingerprint density at radius 1 is 1.41 bits per heavy atom. The molecule has 1 aromatic carbocycles. The van der Waals surface area contributed by atoms with E-state index in [0.29, 0.717) is 10.7 Å². The smallest absolute Gasteiger partial charge is 0.132 e. The van der Waals surface area contributed by atoms with Crippen LogP contribution in [0.25, 0.3) is 11.3 Å². The van der Waals surface area contributed by atoms with Crippen molar-refractivity contribution in [2.75, 3.05) is 6.61 Å². The molecule has 3 N–H and O–H groups in total. The van der Waals surface area contributed by atoms with Crippen molar-refractivity contribution in [1.82, 2.24) is 4.98 Å². The predicted molar refractivity (Wildman–Crippen MR) is 61.5 cm³/mol. The number of thiazole rings is 1. The largest absolute Gasteiger partial charge is 0.394 e. The van der Waals surface area contributed by atoms with Gasteiger partial charge in [-0.1, -0.05) is 0 Å². The fraction of sp³-hybridized carbons (Fsp3) is 0.182. The molecule has 0 saturated heterocycles. The zero-order chi connectivity index (χ0) is 12.4. The van der Waals surface area contributed by atoms with Crippen LogP contribution in [0.1, 0.15) is 11.0 Å². The van der Waals surface area contributed by atoms with Gasteiger partial charge in [0.15, 0.2) is 0 Å². The number of nitrogens with two attached hydrogens (primary N) is 1. The minimum absolute atomic E-state index is 0.0950. The number of nitrogens with zero attached hydrogens (tertiary/aromatic N) is 1. The molecule has 17 heavy (non-hydrogen) atoms. The van der Waals surface area contributed by atoms with Crippen molar-refractivity contribution in [3.8, 4) is 11.3 Å². The number of hydrogen-bond donors (Lipinski definition) is 2. The van der Waals surface area contributed by atoms with Crippen molar-refractivity contribution >= 4 is 11.3 Å². The Balaban J connectivity index is 2.40. The second-order valence-corrected chi connectivity index (χ2v) is 4.37. The molecule has 1 aromatic heterocycles. The van der Waals surface area contributed by atoms with Gasteiger partial charge in [-0.25, -0.2) is 13.8 Å². The molecule has 2 rings (SSSR count). The average molecular weight is 256 g/mol.